The van der Waals surface area contributed by atoms with E-state index in [0.717, 1.165) is 0 Å². The summed E-state index contributed by atoms with van der Waals surface area (Å²) in [6, 6.07) is 7.79. The van der Waals surface area contributed by atoms with Gasteiger partial charge in [-0.3, -0.25) is 0 Å². The first-order valence-corrected chi connectivity index (χ1v) is 7.27. The highest BCUT2D eigenvalue weighted by Gasteiger charge is 2.12. The monoisotopic (exact) mass is 374 g/mol. The summed E-state index contributed by atoms with van der Waals surface area (Å²) in [5, 5.41) is 9.52. The minimum atomic E-state index is -0.424. The highest BCUT2D eigenvalue weighted by atomic mass is 79.9. The SMILES string of the molecule is COc1cc(CO)c(Br)cc1OCc1c(F)cccc1Cl. The molecule has 0 radical (unpaired) electrons. The van der Waals surface area contributed by atoms with Gasteiger partial charge in [-0.25, -0.2) is 4.39 Å². The Morgan fingerprint density at radius 2 is 2.05 bits per heavy atom. The highest BCUT2D eigenvalue weighted by molar-refractivity contribution is 9.10. The summed E-state index contributed by atoms with van der Waals surface area (Å²) in [6.45, 7) is -0.150. The third kappa shape index (κ3) is 3.67. The smallest absolute Gasteiger partial charge is 0.162 e. The Hall–Kier alpha value is -1.30. The van der Waals surface area contributed by atoms with E-state index in [4.69, 9.17) is 21.1 Å². The second-order valence-corrected chi connectivity index (χ2v) is 5.50. The van der Waals surface area contributed by atoms with E-state index < -0.39 is 5.82 Å². The average molecular weight is 376 g/mol. The Kier molecular flexibility index (Phi) is 5.45. The van der Waals surface area contributed by atoms with E-state index in [1.165, 1.54) is 19.2 Å². The molecule has 0 aromatic heterocycles. The van der Waals surface area contributed by atoms with E-state index in [-0.39, 0.29) is 18.8 Å². The highest BCUT2D eigenvalue weighted by Crippen LogP contribution is 2.34. The molecular weight excluding hydrogens is 363 g/mol. The first kappa shape index (κ1) is 16.1. The van der Waals surface area contributed by atoms with E-state index in [1.807, 2.05) is 0 Å². The largest absolute Gasteiger partial charge is 0.493 e. The van der Waals surface area contributed by atoms with E-state index in [0.29, 0.717) is 26.6 Å². The van der Waals surface area contributed by atoms with Crippen molar-refractivity contribution in [3.63, 3.8) is 0 Å². The fourth-order valence-electron chi connectivity index (χ4n) is 1.79. The summed E-state index contributed by atoms with van der Waals surface area (Å²) in [7, 11) is 1.49. The summed E-state index contributed by atoms with van der Waals surface area (Å²) < 4.78 is 25.2. The van der Waals surface area contributed by atoms with Crippen LogP contribution in [0.4, 0.5) is 4.39 Å². The Labute approximate surface area is 135 Å². The summed E-state index contributed by atoms with van der Waals surface area (Å²) in [5.41, 5.74) is 0.951. The molecular formula is C15H13BrClFO3. The molecule has 0 fully saturated rings. The fraction of sp³-hybridized carbons (Fsp3) is 0.200. The quantitative estimate of drug-likeness (QED) is 0.846. The molecule has 2 rings (SSSR count). The van der Waals surface area contributed by atoms with Gasteiger partial charge in [-0.2, -0.15) is 0 Å². The van der Waals surface area contributed by atoms with E-state index in [9.17, 15) is 9.50 Å². The van der Waals surface area contributed by atoms with Crippen LogP contribution in [0.25, 0.3) is 0 Å². The topological polar surface area (TPSA) is 38.7 Å². The molecule has 6 heteroatoms. The lowest BCUT2D eigenvalue weighted by Gasteiger charge is -2.14. The van der Waals surface area contributed by atoms with Crippen LogP contribution in [0.3, 0.4) is 0 Å². The van der Waals surface area contributed by atoms with Crippen LogP contribution in [0.5, 0.6) is 11.5 Å². The minimum Gasteiger partial charge on any atom is -0.493 e. The Morgan fingerprint density at radius 3 is 2.67 bits per heavy atom. The van der Waals surface area contributed by atoms with Crippen molar-refractivity contribution in [2.45, 2.75) is 13.2 Å². The minimum absolute atomic E-state index is 0.0211. The van der Waals surface area contributed by atoms with Crippen LogP contribution in [-0.4, -0.2) is 12.2 Å². The van der Waals surface area contributed by atoms with Crippen molar-refractivity contribution in [2.24, 2.45) is 0 Å². The Morgan fingerprint density at radius 1 is 1.29 bits per heavy atom. The van der Waals surface area contributed by atoms with Gasteiger partial charge in [0.2, 0.25) is 0 Å². The zero-order valence-electron chi connectivity index (χ0n) is 11.2. The van der Waals surface area contributed by atoms with Crippen LogP contribution in [0.2, 0.25) is 5.02 Å². The van der Waals surface area contributed by atoms with Gasteiger partial charge in [0.05, 0.1) is 18.7 Å². The maximum atomic E-state index is 13.7. The molecule has 0 unspecified atom stereocenters. The van der Waals surface area contributed by atoms with Crippen molar-refractivity contribution in [3.8, 4) is 11.5 Å². The van der Waals surface area contributed by atoms with Gasteiger partial charge in [-0.15, -0.1) is 0 Å². The number of aliphatic hydroxyl groups excluding tert-OH is 1. The molecule has 0 aliphatic heterocycles. The van der Waals surface area contributed by atoms with Gasteiger partial charge < -0.3 is 14.6 Å². The number of aliphatic hydroxyl groups is 1. The molecule has 112 valence electrons. The molecule has 0 aliphatic carbocycles. The molecule has 0 aliphatic rings. The molecule has 0 bridgehead atoms. The maximum Gasteiger partial charge on any atom is 0.162 e. The average Bonchev–Trinajstić information content (AvgIpc) is 2.47. The van der Waals surface area contributed by atoms with E-state index in [2.05, 4.69) is 15.9 Å². The van der Waals surface area contributed by atoms with Crippen LogP contribution in [0.15, 0.2) is 34.8 Å². The van der Waals surface area contributed by atoms with Crippen molar-refractivity contribution < 1.29 is 19.0 Å². The Bertz CT molecular complexity index is 629. The van der Waals surface area contributed by atoms with Crippen LogP contribution in [0, 0.1) is 5.82 Å². The van der Waals surface area contributed by atoms with Crippen LogP contribution in [0.1, 0.15) is 11.1 Å². The lowest BCUT2D eigenvalue weighted by molar-refractivity contribution is 0.271. The molecule has 0 spiro atoms. The molecule has 0 saturated heterocycles. The van der Waals surface area contributed by atoms with Gasteiger partial charge in [-0.05, 0) is 29.8 Å². The molecule has 0 heterocycles. The number of halogens is 3. The Balaban J connectivity index is 2.26. The number of rotatable bonds is 5. The predicted molar refractivity (Wildman–Crippen MR) is 82.4 cm³/mol. The molecule has 0 amide bonds. The zero-order chi connectivity index (χ0) is 15.4. The van der Waals surface area contributed by atoms with Crippen LogP contribution >= 0.6 is 27.5 Å². The van der Waals surface area contributed by atoms with Crippen molar-refractivity contribution in [1.82, 2.24) is 0 Å². The molecule has 2 aromatic rings. The number of methoxy groups -OCH3 is 1. The predicted octanol–water partition coefficient (Wildman–Crippen LogP) is 4.32. The van der Waals surface area contributed by atoms with Crippen molar-refractivity contribution in [2.75, 3.05) is 7.11 Å². The second kappa shape index (κ2) is 7.11. The first-order chi connectivity index (χ1) is 10.1. The second-order valence-electron chi connectivity index (χ2n) is 4.24. The summed E-state index contributed by atoms with van der Waals surface area (Å²) in [6.07, 6.45) is 0. The summed E-state index contributed by atoms with van der Waals surface area (Å²) >= 11 is 9.28. The van der Waals surface area contributed by atoms with Gasteiger partial charge >= 0.3 is 0 Å². The summed E-state index contributed by atoms with van der Waals surface area (Å²) in [5.74, 6) is 0.461. The number of hydrogen-bond acceptors (Lipinski definition) is 3. The third-order valence-corrected chi connectivity index (χ3v) is 4.03. The van der Waals surface area contributed by atoms with Gasteiger partial charge in [-0.1, -0.05) is 33.6 Å². The molecule has 0 atom stereocenters. The molecule has 0 saturated carbocycles. The van der Waals surface area contributed by atoms with E-state index >= 15 is 0 Å². The third-order valence-electron chi connectivity index (χ3n) is 2.94. The van der Waals surface area contributed by atoms with Crippen molar-refractivity contribution in [1.29, 1.82) is 0 Å². The van der Waals surface area contributed by atoms with Crippen LogP contribution in [-0.2, 0) is 13.2 Å². The number of ether oxygens (including phenoxy) is 2. The normalized spacial score (nSPS) is 10.5. The molecule has 21 heavy (non-hydrogen) atoms. The van der Waals surface area contributed by atoms with E-state index in [1.54, 1.807) is 18.2 Å². The zero-order valence-corrected chi connectivity index (χ0v) is 13.5. The van der Waals surface area contributed by atoms with Crippen molar-refractivity contribution in [3.05, 3.63) is 56.8 Å². The summed E-state index contributed by atoms with van der Waals surface area (Å²) in [4.78, 5) is 0. The maximum absolute atomic E-state index is 13.7. The van der Waals surface area contributed by atoms with Gasteiger partial charge in [0.15, 0.2) is 11.5 Å². The molecule has 3 nitrogen and oxygen atoms in total. The lowest BCUT2D eigenvalue weighted by Crippen LogP contribution is -2.02. The molecule has 1 N–H and O–H groups in total. The lowest BCUT2D eigenvalue weighted by atomic mass is 10.2. The van der Waals surface area contributed by atoms with Gasteiger partial charge in [0.1, 0.15) is 12.4 Å². The van der Waals surface area contributed by atoms with Crippen molar-refractivity contribution >= 4 is 27.5 Å². The number of hydrogen-bond donors (Lipinski definition) is 1. The first-order valence-electron chi connectivity index (χ1n) is 6.09. The standard InChI is InChI=1S/C15H13BrClFO3/c1-20-14-5-9(7-19)11(16)6-15(14)21-8-10-12(17)3-2-4-13(10)18/h2-6,19H,7-8H2,1H3. The van der Waals surface area contributed by atoms with Gasteiger partial charge in [0, 0.05) is 10.0 Å². The molecule has 2 aromatic carbocycles. The van der Waals surface area contributed by atoms with Crippen LogP contribution < -0.4 is 9.47 Å². The number of benzene rings is 2. The van der Waals surface area contributed by atoms with Gasteiger partial charge in [0.25, 0.3) is 0 Å². The fourth-order valence-corrected chi connectivity index (χ4v) is 2.46.